The Morgan fingerprint density at radius 1 is 1.30 bits per heavy atom. The number of alkyl carbamates (subject to hydrolysis) is 1. The fraction of sp³-hybridized carbons (Fsp3) is 0.533. The topological polar surface area (TPSA) is 50.4 Å². The number of carbonyl (C=O) groups excluding carboxylic acids is 1. The molecule has 1 saturated heterocycles. The highest BCUT2D eigenvalue weighted by atomic mass is 79.9. The zero-order valence-electron chi connectivity index (χ0n) is 12.1. The van der Waals surface area contributed by atoms with Crippen LogP contribution >= 0.6 is 15.9 Å². The van der Waals surface area contributed by atoms with E-state index in [1.807, 2.05) is 32.9 Å². The van der Waals surface area contributed by atoms with E-state index in [9.17, 15) is 4.79 Å². The molecule has 0 aromatic heterocycles. The second-order valence-electron chi connectivity index (χ2n) is 6.07. The van der Waals surface area contributed by atoms with Crippen molar-refractivity contribution in [2.24, 2.45) is 0 Å². The van der Waals surface area contributed by atoms with Crippen molar-refractivity contribution < 1.29 is 9.53 Å². The summed E-state index contributed by atoms with van der Waals surface area (Å²) in [5, 5.41) is 6.28. The maximum atomic E-state index is 11.9. The highest BCUT2D eigenvalue weighted by Gasteiger charge is 2.30. The lowest BCUT2D eigenvalue weighted by Gasteiger charge is -2.24. The number of halogens is 1. The number of ether oxygens (including phenoxy) is 1. The minimum Gasteiger partial charge on any atom is -0.444 e. The minimum absolute atomic E-state index is 0.0611. The molecule has 0 spiro atoms. The predicted molar refractivity (Wildman–Crippen MR) is 82.9 cm³/mol. The van der Waals surface area contributed by atoms with Gasteiger partial charge in [0.25, 0.3) is 0 Å². The zero-order chi connectivity index (χ0) is 14.8. The third-order valence-electron chi connectivity index (χ3n) is 3.21. The molecule has 1 heterocycles. The zero-order valence-corrected chi connectivity index (χ0v) is 13.7. The number of carbonyl (C=O) groups is 1. The lowest BCUT2D eigenvalue weighted by Crippen LogP contribution is -2.42. The van der Waals surface area contributed by atoms with Crippen LogP contribution in [-0.4, -0.2) is 30.8 Å². The maximum absolute atomic E-state index is 11.9. The molecule has 5 heteroatoms. The monoisotopic (exact) mass is 340 g/mol. The van der Waals surface area contributed by atoms with Gasteiger partial charge in [-0.15, -0.1) is 0 Å². The molecule has 0 saturated carbocycles. The summed E-state index contributed by atoms with van der Waals surface area (Å²) in [5.74, 6) is 0.274. The third kappa shape index (κ3) is 4.21. The summed E-state index contributed by atoms with van der Waals surface area (Å²) in [6, 6.07) is 8.29. The molecule has 1 aliphatic heterocycles. The van der Waals surface area contributed by atoms with Gasteiger partial charge in [0.15, 0.2) is 0 Å². The Hall–Kier alpha value is -1.07. The lowest BCUT2D eigenvalue weighted by atomic mass is 9.94. The van der Waals surface area contributed by atoms with E-state index >= 15 is 0 Å². The van der Waals surface area contributed by atoms with Crippen LogP contribution in [0.3, 0.4) is 0 Å². The molecule has 0 radical (unpaired) electrons. The van der Waals surface area contributed by atoms with E-state index in [1.165, 1.54) is 5.56 Å². The first-order valence-corrected chi connectivity index (χ1v) is 7.60. The molecule has 1 aromatic rings. The number of hydrogen-bond donors (Lipinski definition) is 2. The second-order valence-corrected chi connectivity index (χ2v) is 6.98. The fourth-order valence-corrected chi connectivity index (χ4v) is 2.61. The Balaban J connectivity index is 2.00. The van der Waals surface area contributed by atoms with Gasteiger partial charge in [-0.05, 0) is 38.5 Å². The molecule has 2 rings (SSSR count). The summed E-state index contributed by atoms with van der Waals surface area (Å²) in [5.41, 5.74) is 0.753. The van der Waals surface area contributed by atoms with Crippen molar-refractivity contribution in [1.82, 2.24) is 10.6 Å². The van der Waals surface area contributed by atoms with Crippen LogP contribution in [0.25, 0.3) is 0 Å². The van der Waals surface area contributed by atoms with Gasteiger partial charge in [-0.3, -0.25) is 0 Å². The molecule has 2 N–H and O–H groups in total. The number of rotatable bonds is 2. The van der Waals surface area contributed by atoms with Crippen molar-refractivity contribution >= 4 is 22.0 Å². The summed E-state index contributed by atoms with van der Waals surface area (Å²) in [7, 11) is 0. The van der Waals surface area contributed by atoms with Crippen LogP contribution in [0.5, 0.6) is 0 Å². The Kier molecular flexibility index (Phi) is 4.70. The molecule has 2 unspecified atom stereocenters. The van der Waals surface area contributed by atoms with E-state index in [0.717, 1.165) is 17.6 Å². The molecule has 4 nitrogen and oxygen atoms in total. The Bertz CT molecular complexity index is 468. The van der Waals surface area contributed by atoms with E-state index in [0.29, 0.717) is 0 Å². The number of amides is 1. The maximum Gasteiger partial charge on any atom is 0.407 e. The highest BCUT2D eigenvalue weighted by molar-refractivity contribution is 9.10. The Labute approximate surface area is 128 Å². The van der Waals surface area contributed by atoms with Crippen molar-refractivity contribution in [2.75, 3.05) is 13.1 Å². The average Bonchev–Trinajstić information content (AvgIpc) is 2.75. The van der Waals surface area contributed by atoms with E-state index in [4.69, 9.17) is 4.74 Å². The largest absolute Gasteiger partial charge is 0.444 e. The second kappa shape index (κ2) is 6.14. The molecule has 1 amide bonds. The molecule has 2 atom stereocenters. The van der Waals surface area contributed by atoms with Gasteiger partial charge in [0.05, 0.1) is 6.04 Å². The van der Waals surface area contributed by atoms with Gasteiger partial charge in [-0.1, -0.05) is 28.1 Å². The molecule has 110 valence electrons. The number of nitrogens with one attached hydrogen (secondary N) is 2. The number of benzene rings is 1. The van der Waals surface area contributed by atoms with Gasteiger partial charge < -0.3 is 15.4 Å². The molecular formula is C15H21BrN2O2. The molecule has 0 bridgehead atoms. The quantitative estimate of drug-likeness (QED) is 0.869. The van der Waals surface area contributed by atoms with Crippen LogP contribution in [0.4, 0.5) is 4.79 Å². The Morgan fingerprint density at radius 3 is 2.55 bits per heavy atom. The third-order valence-corrected chi connectivity index (χ3v) is 3.74. The number of hydrogen-bond acceptors (Lipinski definition) is 3. The standard InChI is InChI=1S/C15H21BrN2O2/c1-15(2,3)20-14(19)18-13-9-17-8-12(13)10-4-6-11(16)7-5-10/h4-7,12-13,17H,8-9H2,1-3H3,(H,18,19). The smallest absolute Gasteiger partial charge is 0.407 e. The fourth-order valence-electron chi connectivity index (χ4n) is 2.35. The molecule has 1 aromatic carbocycles. The molecular weight excluding hydrogens is 320 g/mol. The summed E-state index contributed by atoms with van der Waals surface area (Å²) in [4.78, 5) is 11.9. The lowest BCUT2D eigenvalue weighted by molar-refractivity contribution is 0.0504. The van der Waals surface area contributed by atoms with Gasteiger partial charge in [0.2, 0.25) is 0 Å². The normalized spacial score (nSPS) is 22.6. The summed E-state index contributed by atoms with van der Waals surface area (Å²) in [6.45, 7) is 7.23. The van der Waals surface area contributed by atoms with E-state index in [1.54, 1.807) is 0 Å². The van der Waals surface area contributed by atoms with Gasteiger partial charge in [-0.2, -0.15) is 0 Å². The van der Waals surface area contributed by atoms with E-state index < -0.39 is 5.60 Å². The molecule has 1 aliphatic rings. The highest BCUT2D eigenvalue weighted by Crippen LogP contribution is 2.24. The molecule has 20 heavy (non-hydrogen) atoms. The average molecular weight is 341 g/mol. The van der Waals surface area contributed by atoms with E-state index in [2.05, 4.69) is 38.7 Å². The first kappa shape index (κ1) is 15.3. The van der Waals surface area contributed by atoms with Crippen molar-refractivity contribution in [3.63, 3.8) is 0 Å². The van der Waals surface area contributed by atoms with Crippen LogP contribution in [0.2, 0.25) is 0 Å². The van der Waals surface area contributed by atoms with Crippen molar-refractivity contribution in [1.29, 1.82) is 0 Å². The van der Waals surface area contributed by atoms with Crippen molar-refractivity contribution in [2.45, 2.75) is 38.3 Å². The first-order valence-electron chi connectivity index (χ1n) is 6.81. The molecule has 0 aliphatic carbocycles. The molecule has 1 fully saturated rings. The first-order chi connectivity index (χ1) is 9.35. The van der Waals surface area contributed by atoms with Crippen LogP contribution in [0, 0.1) is 0 Å². The van der Waals surface area contributed by atoms with Crippen LogP contribution in [0.1, 0.15) is 32.3 Å². The Morgan fingerprint density at radius 2 is 1.95 bits per heavy atom. The van der Waals surface area contributed by atoms with Crippen molar-refractivity contribution in [3.8, 4) is 0 Å². The minimum atomic E-state index is -0.469. The van der Waals surface area contributed by atoms with Gasteiger partial charge in [-0.25, -0.2) is 4.79 Å². The summed E-state index contributed by atoms with van der Waals surface area (Å²) < 4.78 is 6.38. The SMILES string of the molecule is CC(C)(C)OC(=O)NC1CNCC1c1ccc(Br)cc1. The van der Waals surface area contributed by atoms with Crippen LogP contribution < -0.4 is 10.6 Å². The summed E-state index contributed by atoms with van der Waals surface area (Å²) >= 11 is 3.44. The van der Waals surface area contributed by atoms with Crippen LogP contribution in [0.15, 0.2) is 28.7 Å². The van der Waals surface area contributed by atoms with Gasteiger partial charge in [0.1, 0.15) is 5.60 Å². The van der Waals surface area contributed by atoms with Gasteiger partial charge in [0, 0.05) is 23.5 Å². The predicted octanol–water partition coefficient (Wildman–Crippen LogP) is 3.03. The summed E-state index contributed by atoms with van der Waals surface area (Å²) in [6.07, 6.45) is -0.353. The van der Waals surface area contributed by atoms with E-state index in [-0.39, 0.29) is 18.1 Å². The van der Waals surface area contributed by atoms with Crippen molar-refractivity contribution in [3.05, 3.63) is 34.3 Å². The van der Waals surface area contributed by atoms with Gasteiger partial charge >= 0.3 is 6.09 Å². The van der Waals surface area contributed by atoms with Crippen LogP contribution in [-0.2, 0) is 4.74 Å².